The molecular weight excluding hydrogens is 360 g/mol. The van der Waals surface area contributed by atoms with Crippen molar-refractivity contribution >= 4 is 39.2 Å². The zero-order valence-corrected chi connectivity index (χ0v) is 14.4. The van der Waals surface area contributed by atoms with Crippen LogP contribution in [-0.4, -0.2) is 18.5 Å². The van der Waals surface area contributed by atoms with Gasteiger partial charge in [0.1, 0.15) is 0 Å². The van der Waals surface area contributed by atoms with Gasteiger partial charge in [0.2, 0.25) is 0 Å². The predicted molar refractivity (Wildman–Crippen MR) is 93.4 cm³/mol. The Bertz CT molecular complexity index is 736. The summed E-state index contributed by atoms with van der Waals surface area (Å²) in [5, 5.41) is 2.76. The molecule has 120 valence electrons. The number of carbonyl (C=O) groups is 2. The van der Waals surface area contributed by atoms with Crippen LogP contribution in [0, 0.1) is 13.8 Å². The lowest BCUT2D eigenvalue weighted by atomic mass is 10.1. The van der Waals surface area contributed by atoms with Gasteiger partial charge >= 0.3 is 5.97 Å². The maximum atomic E-state index is 12.0. The highest BCUT2D eigenvalue weighted by molar-refractivity contribution is 9.10. The van der Waals surface area contributed by atoms with E-state index >= 15 is 0 Å². The Kier molecular flexibility index (Phi) is 5.39. The van der Waals surface area contributed by atoms with Crippen LogP contribution in [0.25, 0.3) is 0 Å². The smallest absolute Gasteiger partial charge is 0.340 e. The minimum atomic E-state index is -0.623. The zero-order valence-electron chi connectivity index (χ0n) is 12.9. The lowest BCUT2D eigenvalue weighted by Gasteiger charge is -2.12. The second-order valence-corrected chi connectivity index (χ2v) is 6.04. The summed E-state index contributed by atoms with van der Waals surface area (Å²) in [7, 11) is 0. The number of hydrogen-bond acceptors (Lipinski definition) is 4. The number of anilines is 2. The van der Waals surface area contributed by atoms with Crippen molar-refractivity contribution in [3.05, 3.63) is 57.6 Å². The number of esters is 1. The molecule has 0 aromatic heterocycles. The summed E-state index contributed by atoms with van der Waals surface area (Å²) >= 11 is 3.40. The van der Waals surface area contributed by atoms with Crippen molar-refractivity contribution in [3.8, 4) is 0 Å². The predicted octanol–water partition coefficient (Wildman–Crippen LogP) is 3.44. The summed E-state index contributed by atoms with van der Waals surface area (Å²) in [6, 6.07) is 10.4. The minimum absolute atomic E-state index is 0.247. The van der Waals surface area contributed by atoms with Crippen molar-refractivity contribution in [3.63, 3.8) is 0 Å². The third-order valence-electron chi connectivity index (χ3n) is 3.28. The minimum Gasteiger partial charge on any atom is -0.452 e. The van der Waals surface area contributed by atoms with Gasteiger partial charge < -0.3 is 15.8 Å². The number of nitrogens with one attached hydrogen (secondary N) is 1. The molecule has 0 radical (unpaired) electrons. The molecule has 0 fully saturated rings. The van der Waals surface area contributed by atoms with Crippen LogP contribution in [-0.2, 0) is 9.53 Å². The van der Waals surface area contributed by atoms with Crippen LogP contribution in [0.5, 0.6) is 0 Å². The van der Waals surface area contributed by atoms with E-state index in [1.165, 1.54) is 0 Å². The Hall–Kier alpha value is -2.34. The molecule has 0 saturated carbocycles. The van der Waals surface area contributed by atoms with E-state index in [4.69, 9.17) is 10.5 Å². The number of ether oxygens (including phenoxy) is 1. The number of carbonyl (C=O) groups excluding carboxylic acids is 2. The van der Waals surface area contributed by atoms with E-state index in [-0.39, 0.29) is 12.2 Å². The number of para-hydroxylation sites is 1. The number of hydrogen-bond donors (Lipinski definition) is 2. The Morgan fingerprint density at radius 2 is 1.78 bits per heavy atom. The third-order valence-corrected chi connectivity index (χ3v) is 3.73. The number of nitrogen functional groups attached to an aromatic ring is 1. The normalized spacial score (nSPS) is 10.2. The Balaban J connectivity index is 1.99. The van der Waals surface area contributed by atoms with Crippen LogP contribution >= 0.6 is 15.9 Å². The molecular formula is C17H17BrN2O3. The van der Waals surface area contributed by atoms with Crippen molar-refractivity contribution in [1.29, 1.82) is 0 Å². The molecule has 2 aromatic rings. The molecule has 3 N–H and O–H groups in total. The van der Waals surface area contributed by atoms with Gasteiger partial charge in [-0.15, -0.1) is 0 Å². The highest BCUT2D eigenvalue weighted by atomic mass is 79.9. The van der Waals surface area contributed by atoms with Crippen molar-refractivity contribution in [1.82, 2.24) is 0 Å². The summed E-state index contributed by atoms with van der Waals surface area (Å²) < 4.78 is 5.95. The largest absolute Gasteiger partial charge is 0.452 e. The number of nitrogens with two attached hydrogens (primary N) is 1. The van der Waals surface area contributed by atoms with Gasteiger partial charge in [0.25, 0.3) is 5.91 Å². The van der Waals surface area contributed by atoms with E-state index < -0.39 is 11.9 Å². The summed E-state index contributed by atoms with van der Waals surface area (Å²) in [5.74, 6) is -1.02. The van der Waals surface area contributed by atoms with Crippen molar-refractivity contribution in [2.75, 3.05) is 17.7 Å². The first-order valence-corrected chi connectivity index (χ1v) is 7.76. The molecule has 0 heterocycles. The highest BCUT2D eigenvalue weighted by Crippen LogP contribution is 2.25. The molecule has 2 rings (SSSR count). The monoisotopic (exact) mass is 376 g/mol. The number of amides is 1. The van der Waals surface area contributed by atoms with Crippen LogP contribution in [0.2, 0.25) is 0 Å². The Morgan fingerprint density at radius 1 is 1.17 bits per heavy atom. The second-order valence-electron chi connectivity index (χ2n) is 5.13. The number of benzene rings is 2. The van der Waals surface area contributed by atoms with Gasteiger partial charge in [0.05, 0.1) is 5.56 Å². The Labute approximate surface area is 143 Å². The van der Waals surface area contributed by atoms with Crippen LogP contribution < -0.4 is 11.1 Å². The lowest BCUT2D eigenvalue weighted by Crippen LogP contribution is -2.22. The summed E-state index contributed by atoms with van der Waals surface area (Å²) in [6.07, 6.45) is 0. The average Bonchev–Trinajstić information content (AvgIpc) is 2.49. The third kappa shape index (κ3) is 4.32. The molecule has 1 amide bonds. The molecule has 0 saturated heterocycles. The van der Waals surface area contributed by atoms with Crippen molar-refractivity contribution < 1.29 is 14.3 Å². The molecule has 0 aliphatic carbocycles. The van der Waals surface area contributed by atoms with E-state index in [1.807, 2.05) is 26.0 Å². The van der Waals surface area contributed by atoms with Gasteiger partial charge in [-0.05, 0) is 49.2 Å². The molecule has 0 unspecified atom stereocenters. The zero-order chi connectivity index (χ0) is 17.0. The summed E-state index contributed by atoms with van der Waals surface area (Å²) in [5.41, 5.74) is 8.82. The first-order chi connectivity index (χ1) is 10.9. The summed E-state index contributed by atoms with van der Waals surface area (Å²) in [4.78, 5) is 23.9. The highest BCUT2D eigenvalue weighted by Gasteiger charge is 2.14. The standard InChI is InChI=1S/C17H17BrN2O3/c1-10-7-12(18)8-11(2)16(10)20-15(21)9-23-17(22)13-5-3-4-6-14(13)19/h3-8H,9,19H2,1-2H3,(H,20,21). The van der Waals surface area contributed by atoms with Crippen LogP contribution in [0.1, 0.15) is 21.5 Å². The lowest BCUT2D eigenvalue weighted by molar-refractivity contribution is -0.119. The van der Waals surface area contributed by atoms with E-state index in [2.05, 4.69) is 21.2 Å². The maximum Gasteiger partial charge on any atom is 0.340 e. The first kappa shape index (κ1) is 17.0. The average molecular weight is 377 g/mol. The van der Waals surface area contributed by atoms with E-state index in [1.54, 1.807) is 24.3 Å². The molecule has 5 nitrogen and oxygen atoms in total. The summed E-state index contributed by atoms with van der Waals surface area (Å²) in [6.45, 7) is 3.41. The fourth-order valence-corrected chi connectivity index (χ4v) is 2.86. The van der Waals surface area contributed by atoms with Gasteiger partial charge in [0.15, 0.2) is 6.61 Å². The van der Waals surface area contributed by atoms with E-state index in [9.17, 15) is 9.59 Å². The first-order valence-electron chi connectivity index (χ1n) is 6.96. The number of halogens is 1. The molecule has 23 heavy (non-hydrogen) atoms. The molecule has 0 atom stereocenters. The molecule has 6 heteroatoms. The molecule has 0 spiro atoms. The van der Waals surface area contributed by atoms with Crippen molar-refractivity contribution in [2.24, 2.45) is 0 Å². The SMILES string of the molecule is Cc1cc(Br)cc(C)c1NC(=O)COC(=O)c1ccccc1N. The van der Waals surface area contributed by atoms with E-state index in [0.29, 0.717) is 11.4 Å². The quantitative estimate of drug-likeness (QED) is 0.632. The van der Waals surface area contributed by atoms with Crippen LogP contribution in [0.15, 0.2) is 40.9 Å². The maximum absolute atomic E-state index is 12.0. The van der Waals surface area contributed by atoms with Gasteiger partial charge in [-0.3, -0.25) is 4.79 Å². The second kappa shape index (κ2) is 7.28. The fraction of sp³-hybridized carbons (Fsp3) is 0.176. The van der Waals surface area contributed by atoms with Crippen LogP contribution in [0.3, 0.4) is 0 Å². The molecule has 0 aliphatic heterocycles. The van der Waals surface area contributed by atoms with Gasteiger partial charge in [-0.1, -0.05) is 28.1 Å². The van der Waals surface area contributed by atoms with Gasteiger partial charge in [0, 0.05) is 15.8 Å². The van der Waals surface area contributed by atoms with Gasteiger partial charge in [-0.25, -0.2) is 4.79 Å². The molecule has 0 aliphatic rings. The van der Waals surface area contributed by atoms with Crippen LogP contribution in [0.4, 0.5) is 11.4 Å². The topological polar surface area (TPSA) is 81.4 Å². The Morgan fingerprint density at radius 3 is 2.39 bits per heavy atom. The molecule has 0 bridgehead atoms. The molecule has 2 aromatic carbocycles. The van der Waals surface area contributed by atoms with Gasteiger partial charge in [-0.2, -0.15) is 0 Å². The fourth-order valence-electron chi connectivity index (χ4n) is 2.18. The van der Waals surface area contributed by atoms with E-state index in [0.717, 1.165) is 15.6 Å². The van der Waals surface area contributed by atoms with Crippen molar-refractivity contribution in [2.45, 2.75) is 13.8 Å². The number of rotatable bonds is 4. The number of aryl methyl sites for hydroxylation is 2.